The zero-order valence-electron chi connectivity index (χ0n) is 16.1. The number of halogens is 1. The molecule has 0 aliphatic heterocycles. The van der Waals surface area contributed by atoms with Crippen molar-refractivity contribution in [3.63, 3.8) is 0 Å². The molecule has 144 valence electrons. The minimum atomic E-state index is 0.130. The Balaban J connectivity index is 1.98. The normalized spacial score (nSPS) is 11.4. The number of aryl methyl sites for hydroxylation is 1. The van der Waals surface area contributed by atoms with Crippen molar-refractivity contribution in [2.24, 2.45) is 0 Å². The summed E-state index contributed by atoms with van der Waals surface area (Å²) >= 11 is 6.48. The van der Waals surface area contributed by atoms with E-state index in [2.05, 4.69) is 37.7 Å². The molecule has 27 heavy (non-hydrogen) atoms. The van der Waals surface area contributed by atoms with Crippen LogP contribution < -0.4 is 0 Å². The van der Waals surface area contributed by atoms with Gasteiger partial charge in [0.2, 0.25) is 0 Å². The number of hydrogen-bond donors (Lipinski definition) is 1. The number of hydrogen-bond acceptors (Lipinski definition) is 4. The molecule has 2 heterocycles. The first kappa shape index (κ1) is 19.6. The summed E-state index contributed by atoms with van der Waals surface area (Å²) in [6.07, 6.45) is 4.79. The smallest absolute Gasteiger partial charge is 0.161 e. The quantitative estimate of drug-likeness (QED) is 0.580. The Morgan fingerprint density at radius 1 is 1.26 bits per heavy atom. The lowest BCUT2D eigenvalue weighted by Gasteiger charge is -2.15. The van der Waals surface area contributed by atoms with Crippen molar-refractivity contribution in [2.75, 3.05) is 0 Å². The standard InChI is InChI=1S/C20H26ClN5O/c1-4-5-10-18-24-19(21)17(12-27-14(2)3)26(18)11-15-8-6-7-9-16(15)20-22-13-23-25-20/h6-9,13-14H,4-5,10-12H2,1-3H3,(H,22,23,25). The van der Waals surface area contributed by atoms with Crippen molar-refractivity contribution in [2.45, 2.75) is 59.3 Å². The van der Waals surface area contributed by atoms with E-state index in [-0.39, 0.29) is 6.10 Å². The molecule has 0 radical (unpaired) electrons. The highest BCUT2D eigenvalue weighted by Gasteiger charge is 2.18. The molecule has 0 bridgehead atoms. The maximum Gasteiger partial charge on any atom is 0.161 e. The van der Waals surface area contributed by atoms with Crippen molar-refractivity contribution in [3.05, 3.63) is 52.8 Å². The lowest BCUT2D eigenvalue weighted by Crippen LogP contribution is -2.12. The van der Waals surface area contributed by atoms with Crippen LogP contribution in [0, 0.1) is 0 Å². The summed E-state index contributed by atoms with van der Waals surface area (Å²) in [5.41, 5.74) is 3.08. The SMILES string of the molecule is CCCCc1nc(Cl)c(COC(C)C)n1Cc1ccccc1-c1nnc[nH]1. The van der Waals surface area contributed by atoms with Crippen LogP contribution in [0.25, 0.3) is 11.4 Å². The third kappa shape index (κ3) is 4.76. The van der Waals surface area contributed by atoms with Gasteiger partial charge in [0.1, 0.15) is 12.2 Å². The lowest BCUT2D eigenvalue weighted by molar-refractivity contribution is 0.0618. The van der Waals surface area contributed by atoms with Crippen LogP contribution in [0.4, 0.5) is 0 Å². The minimum absolute atomic E-state index is 0.130. The van der Waals surface area contributed by atoms with Crippen LogP contribution >= 0.6 is 11.6 Å². The summed E-state index contributed by atoms with van der Waals surface area (Å²) < 4.78 is 8.02. The average Bonchev–Trinajstić information content (AvgIpc) is 3.28. The molecule has 7 heteroatoms. The molecule has 3 aromatic rings. The van der Waals surface area contributed by atoms with Gasteiger partial charge in [-0.15, -0.1) is 10.2 Å². The molecular weight excluding hydrogens is 362 g/mol. The molecule has 2 aromatic heterocycles. The van der Waals surface area contributed by atoms with E-state index < -0.39 is 0 Å². The van der Waals surface area contributed by atoms with E-state index in [4.69, 9.17) is 16.3 Å². The van der Waals surface area contributed by atoms with Crippen LogP contribution in [-0.4, -0.2) is 30.8 Å². The molecule has 0 fully saturated rings. The number of aromatic nitrogens is 5. The second-order valence-electron chi connectivity index (χ2n) is 6.81. The first-order valence-electron chi connectivity index (χ1n) is 9.39. The lowest BCUT2D eigenvalue weighted by atomic mass is 10.1. The average molecular weight is 388 g/mol. The zero-order valence-corrected chi connectivity index (χ0v) is 16.8. The number of rotatable bonds is 9. The van der Waals surface area contributed by atoms with E-state index in [1.165, 1.54) is 0 Å². The van der Waals surface area contributed by atoms with E-state index >= 15 is 0 Å². The van der Waals surface area contributed by atoms with E-state index in [0.29, 0.717) is 18.3 Å². The minimum Gasteiger partial charge on any atom is -0.372 e. The van der Waals surface area contributed by atoms with Gasteiger partial charge in [0.05, 0.1) is 18.4 Å². The highest BCUT2D eigenvalue weighted by molar-refractivity contribution is 6.30. The summed E-state index contributed by atoms with van der Waals surface area (Å²) in [5.74, 6) is 1.75. The van der Waals surface area contributed by atoms with Crippen molar-refractivity contribution in [3.8, 4) is 11.4 Å². The molecule has 0 atom stereocenters. The number of unbranched alkanes of at least 4 members (excludes halogenated alkanes) is 1. The van der Waals surface area contributed by atoms with E-state index in [1.807, 2.05) is 32.0 Å². The molecule has 6 nitrogen and oxygen atoms in total. The Labute approximate surface area is 165 Å². The first-order chi connectivity index (χ1) is 13.1. The molecule has 0 aliphatic rings. The number of ether oxygens (including phenoxy) is 1. The molecular formula is C20H26ClN5O. The first-order valence-corrected chi connectivity index (χ1v) is 9.77. The number of aromatic amines is 1. The molecule has 0 saturated heterocycles. The van der Waals surface area contributed by atoms with Crippen LogP contribution in [0.5, 0.6) is 0 Å². The Kier molecular flexibility index (Phi) is 6.63. The molecule has 0 amide bonds. The van der Waals surface area contributed by atoms with Crippen LogP contribution in [-0.2, 0) is 24.3 Å². The number of H-pyrrole nitrogens is 1. The van der Waals surface area contributed by atoms with Crippen molar-refractivity contribution in [1.29, 1.82) is 0 Å². The van der Waals surface area contributed by atoms with Gasteiger partial charge in [-0.1, -0.05) is 49.2 Å². The zero-order chi connectivity index (χ0) is 19.2. The highest BCUT2D eigenvalue weighted by atomic mass is 35.5. The third-order valence-electron chi connectivity index (χ3n) is 4.43. The summed E-state index contributed by atoms with van der Waals surface area (Å²) in [6, 6.07) is 8.18. The molecule has 3 rings (SSSR count). The fourth-order valence-corrected chi connectivity index (χ4v) is 3.25. The molecule has 1 aromatic carbocycles. The topological polar surface area (TPSA) is 68.6 Å². The predicted molar refractivity (Wildman–Crippen MR) is 107 cm³/mol. The predicted octanol–water partition coefficient (Wildman–Crippen LogP) is 4.64. The summed E-state index contributed by atoms with van der Waals surface area (Å²) in [6.45, 7) is 7.32. The number of nitrogens with one attached hydrogen (secondary N) is 1. The molecule has 1 N–H and O–H groups in total. The maximum absolute atomic E-state index is 6.48. The number of imidazole rings is 1. The van der Waals surface area contributed by atoms with Crippen LogP contribution in [0.15, 0.2) is 30.6 Å². The Bertz CT molecular complexity index is 857. The highest BCUT2D eigenvalue weighted by Crippen LogP contribution is 2.25. The fraction of sp³-hybridized carbons (Fsp3) is 0.450. The van der Waals surface area contributed by atoms with Gasteiger partial charge in [-0.25, -0.2) is 4.98 Å². The maximum atomic E-state index is 6.48. The van der Waals surface area contributed by atoms with E-state index in [9.17, 15) is 0 Å². The van der Waals surface area contributed by atoms with E-state index in [1.54, 1.807) is 6.33 Å². The Morgan fingerprint density at radius 2 is 2.07 bits per heavy atom. The van der Waals surface area contributed by atoms with Gasteiger partial charge in [0.25, 0.3) is 0 Å². The number of nitrogens with zero attached hydrogens (tertiary/aromatic N) is 4. The summed E-state index contributed by atoms with van der Waals surface area (Å²) in [4.78, 5) is 7.72. The van der Waals surface area contributed by atoms with Crippen molar-refractivity contribution >= 4 is 11.6 Å². The second kappa shape index (κ2) is 9.15. The summed E-state index contributed by atoms with van der Waals surface area (Å²) in [5, 5.41) is 8.60. The number of benzene rings is 1. The molecule has 0 unspecified atom stereocenters. The van der Waals surface area contributed by atoms with E-state index in [0.717, 1.165) is 47.7 Å². The Morgan fingerprint density at radius 3 is 2.78 bits per heavy atom. The van der Waals surface area contributed by atoms with Gasteiger partial charge in [-0.05, 0) is 25.8 Å². The van der Waals surface area contributed by atoms with Crippen LogP contribution in [0.3, 0.4) is 0 Å². The van der Waals surface area contributed by atoms with Crippen molar-refractivity contribution in [1.82, 2.24) is 24.7 Å². The Hall–Kier alpha value is -2.18. The van der Waals surface area contributed by atoms with Crippen LogP contribution in [0.1, 0.15) is 50.7 Å². The molecule has 0 saturated carbocycles. The fourth-order valence-electron chi connectivity index (χ4n) is 3.00. The second-order valence-corrected chi connectivity index (χ2v) is 7.17. The van der Waals surface area contributed by atoms with Gasteiger partial charge < -0.3 is 14.3 Å². The van der Waals surface area contributed by atoms with Gasteiger partial charge in [-0.3, -0.25) is 0 Å². The summed E-state index contributed by atoms with van der Waals surface area (Å²) in [7, 11) is 0. The monoisotopic (exact) mass is 387 g/mol. The van der Waals surface area contributed by atoms with Crippen molar-refractivity contribution < 1.29 is 4.74 Å². The van der Waals surface area contributed by atoms with Gasteiger partial charge in [-0.2, -0.15) is 0 Å². The molecule has 0 spiro atoms. The largest absolute Gasteiger partial charge is 0.372 e. The van der Waals surface area contributed by atoms with Gasteiger partial charge in [0, 0.05) is 18.5 Å². The van der Waals surface area contributed by atoms with Gasteiger partial charge in [0.15, 0.2) is 11.0 Å². The third-order valence-corrected chi connectivity index (χ3v) is 4.73. The van der Waals surface area contributed by atoms with Gasteiger partial charge >= 0.3 is 0 Å². The van der Waals surface area contributed by atoms with Crippen LogP contribution in [0.2, 0.25) is 5.15 Å². The molecule has 0 aliphatic carbocycles.